The van der Waals surface area contributed by atoms with Crippen molar-refractivity contribution in [2.45, 2.75) is 40.6 Å². The zero-order valence-corrected chi connectivity index (χ0v) is 19.4. The summed E-state index contributed by atoms with van der Waals surface area (Å²) in [4.78, 5) is 14.7. The summed E-state index contributed by atoms with van der Waals surface area (Å²) < 4.78 is 13.2. The van der Waals surface area contributed by atoms with Gasteiger partial charge in [-0.1, -0.05) is 18.2 Å². The van der Waals surface area contributed by atoms with Crippen molar-refractivity contribution in [1.82, 2.24) is 4.57 Å². The number of carbonyl (C=O) groups excluding carboxylic acids is 1. The largest absolute Gasteiger partial charge is 0.462 e. The summed E-state index contributed by atoms with van der Waals surface area (Å²) in [6, 6.07) is 17.8. The average molecular weight is 445 g/mol. The SMILES string of the molecule is CCOC(=O)c1cccc2c1N(Cc1ccc(-n3c(C#N)cc(C)c3C)cc1)C(OCC)N2. The Balaban J connectivity index is 1.66. The van der Waals surface area contributed by atoms with Crippen molar-refractivity contribution in [3.05, 3.63) is 76.6 Å². The Bertz CT molecular complexity index is 1210. The molecular formula is C26H28N4O3. The van der Waals surface area contributed by atoms with Crippen LogP contribution in [0.5, 0.6) is 0 Å². The van der Waals surface area contributed by atoms with Gasteiger partial charge in [0.2, 0.25) is 6.35 Å². The number of nitrogens with one attached hydrogen (secondary N) is 1. The summed E-state index contributed by atoms with van der Waals surface area (Å²) in [6.45, 7) is 9.14. The normalized spacial score (nSPS) is 14.5. The van der Waals surface area contributed by atoms with Gasteiger partial charge in [0.1, 0.15) is 11.8 Å². The highest BCUT2D eigenvalue weighted by Gasteiger charge is 2.33. The zero-order valence-electron chi connectivity index (χ0n) is 19.4. The number of carbonyl (C=O) groups is 1. The van der Waals surface area contributed by atoms with Crippen molar-refractivity contribution in [2.75, 3.05) is 23.4 Å². The first-order chi connectivity index (χ1) is 16.0. The number of aryl methyl sites for hydroxylation is 1. The molecule has 170 valence electrons. The molecule has 0 fully saturated rings. The van der Waals surface area contributed by atoms with Gasteiger partial charge in [-0.25, -0.2) is 4.79 Å². The predicted molar refractivity (Wildman–Crippen MR) is 128 cm³/mol. The Morgan fingerprint density at radius 3 is 2.55 bits per heavy atom. The second-order valence-corrected chi connectivity index (χ2v) is 7.91. The fourth-order valence-electron chi connectivity index (χ4n) is 4.22. The first kappa shape index (κ1) is 22.4. The van der Waals surface area contributed by atoms with Crippen molar-refractivity contribution in [3.8, 4) is 11.8 Å². The average Bonchev–Trinajstić information content (AvgIpc) is 3.31. The molecule has 0 aliphatic carbocycles. The van der Waals surface area contributed by atoms with Crippen molar-refractivity contribution in [2.24, 2.45) is 0 Å². The minimum Gasteiger partial charge on any atom is -0.462 e. The Kier molecular flexibility index (Phi) is 6.38. The lowest BCUT2D eigenvalue weighted by molar-refractivity contribution is 0.0525. The number of para-hydroxylation sites is 1. The smallest absolute Gasteiger partial charge is 0.340 e. The van der Waals surface area contributed by atoms with E-state index in [-0.39, 0.29) is 12.3 Å². The maximum atomic E-state index is 12.6. The second-order valence-electron chi connectivity index (χ2n) is 7.91. The Hall–Kier alpha value is -3.76. The summed E-state index contributed by atoms with van der Waals surface area (Å²) in [5, 5.41) is 12.9. The van der Waals surface area contributed by atoms with Gasteiger partial charge in [0.25, 0.3) is 0 Å². The standard InChI is InChI=1S/C26H28N4O3/c1-5-32-25(31)22-8-7-9-23-24(22)29(26(28-23)33-6-2)16-19-10-12-20(13-11-19)30-18(4)17(3)14-21(30)15-27/h7-14,26,28H,5-6,16H2,1-4H3. The predicted octanol–water partition coefficient (Wildman–Crippen LogP) is 4.89. The van der Waals surface area contributed by atoms with E-state index >= 15 is 0 Å². The van der Waals surface area contributed by atoms with Crippen LogP contribution in [0, 0.1) is 25.2 Å². The molecule has 0 amide bonds. The summed E-state index contributed by atoms with van der Waals surface area (Å²) in [5.74, 6) is -0.351. The summed E-state index contributed by atoms with van der Waals surface area (Å²) in [7, 11) is 0. The molecule has 0 saturated carbocycles. The number of fused-ring (bicyclic) bond motifs is 1. The number of hydrogen-bond acceptors (Lipinski definition) is 6. The highest BCUT2D eigenvalue weighted by molar-refractivity contribution is 6.00. The minimum absolute atomic E-state index is 0.315. The number of ether oxygens (including phenoxy) is 2. The molecule has 2 heterocycles. The topological polar surface area (TPSA) is 79.5 Å². The highest BCUT2D eigenvalue weighted by Crippen LogP contribution is 2.39. The van der Waals surface area contributed by atoms with Crippen LogP contribution in [-0.2, 0) is 16.0 Å². The van der Waals surface area contributed by atoms with E-state index in [4.69, 9.17) is 9.47 Å². The molecule has 1 atom stereocenters. The number of nitriles is 1. The van der Waals surface area contributed by atoms with E-state index in [0.717, 1.165) is 33.9 Å². The van der Waals surface area contributed by atoms with Crippen molar-refractivity contribution < 1.29 is 14.3 Å². The lowest BCUT2D eigenvalue weighted by atomic mass is 10.1. The van der Waals surface area contributed by atoms with Crippen molar-refractivity contribution in [1.29, 1.82) is 5.26 Å². The molecule has 1 N–H and O–H groups in total. The van der Waals surface area contributed by atoms with Gasteiger partial charge in [-0.15, -0.1) is 0 Å². The molecule has 1 aromatic heterocycles. The van der Waals surface area contributed by atoms with Crippen LogP contribution in [-0.4, -0.2) is 30.1 Å². The molecule has 1 aliphatic heterocycles. The first-order valence-corrected chi connectivity index (χ1v) is 11.1. The third-order valence-electron chi connectivity index (χ3n) is 5.87. The van der Waals surface area contributed by atoms with Crippen LogP contribution in [0.3, 0.4) is 0 Å². The third kappa shape index (κ3) is 4.18. The van der Waals surface area contributed by atoms with Gasteiger partial charge >= 0.3 is 5.97 Å². The number of nitrogens with zero attached hydrogens (tertiary/aromatic N) is 3. The molecule has 7 heteroatoms. The molecule has 33 heavy (non-hydrogen) atoms. The highest BCUT2D eigenvalue weighted by atomic mass is 16.5. The molecular weight excluding hydrogens is 416 g/mol. The Labute approximate surface area is 194 Å². The van der Waals surface area contributed by atoms with E-state index in [1.54, 1.807) is 13.0 Å². The maximum Gasteiger partial charge on any atom is 0.340 e. The Morgan fingerprint density at radius 1 is 1.12 bits per heavy atom. The van der Waals surface area contributed by atoms with Crippen LogP contribution < -0.4 is 10.2 Å². The van der Waals surface area contributed by atoms with Gasteiger partial charge in [-0.05, 0) is 69.2 Å². The fourth-order valence-corrected chi connectivity index (χ4v) is 4.22. The lowest BCUT2D eigenvalue weighted by Crippen LogP contribution is -2.38. The number of esters is 1. The van der Waals surface area contributed by atoms with Crippen molar-refractivity contribution in [3.63, 3.8) is 0 Å². The van der Waals surface area contributed by atoms with Crippen LogP contribution in [0.4, 0.5) is 11.4 Å². The number of hydrogen-bond donors (Lipinski definition) is 1. The molecule has 0 spiro atoms. The second kappa shape index (κ2) is 9.39. The summed E-state index contributed by atoms with van der Waals surface area (Å²) >= 11 is 0. The summed E-state index contributed by atoms with van der Waals surface area (Å²) in [5.41, 5.74) is 6.87. The molecule has 7 nitrogen and oxygen atoms in total. The molecule has 1 aliphatic rings. The van der Waals surface area contributed by atoms with Crippen LogP contribution in [0.15, 0.2) is 48.5 Å². The van der Waals surface area contributed by atoms with Gasteiger partial charge in [-0.3, -0.25) is 0 Å². The van der Waals surface area contributed by atoms with Crippen molar-refractivity contribution >= 4 is 17.3 Å². The van der Waals surface area contributed by atoms with Crippen LogP contribution in [0.25, 0.3) is 5.69 Å². The third-order valence-corrected chi connectivity index (χ3v) is 5.87. The van der Waals surface area contributed by atoms with E-state index in [9.17, 15) is 10.1 Å². The number of benzene rings is 2. The van der Waals surface area contributed by atoms with E-state index in [2.05, 4.69) is 11.4 Å². The summed E-state index contributed by atoms with van der Waals surface area (Å²) in [6.07, 6.45) is -0.389. The quantitative estimate of drug-likeness (QED) is 0.523. The van der Waals surface area contributed by atoms with Crippen LogP contribution >= 0.6 is 0 Å². The zero-order chi connectivity index (χ0) is 23.5. The monoisotopic (exact) mass is 444 g/mol. The van der Waals surface area contributed by atoms with Crippen LogP contribution in [0.2, 0.25) is 0 Å². The Morgan fingerprint density at radius 2 is 1.88 bits per heavy atom. The first-order valence-electron chi connectivity index (χ1n) is 11.1. The van der Waals surface area contributed by atoms with E-state index in [0.29, 0.717) is 31.0 Å². The van der Waals surface area contributed by atoms with E-state index < -0.39 is 0 Å². The maximum absolute atomic E-state index is 12.6. The van der Waals surface area contributed by atoms with Gasteiger partial charge in [0.05, 0.1) is 23.5 Å². The number of aromatic nitrogens is 1. The molecule has 4 rings (SSSR count). The fraction of sp³-hybridized carbons (Fsp3) is 0.308. The van der Waals surface area contributed by atoms with Crippen LogP contribution in [0.1, 0.15) is 46.7 Å². The van der Waals surface area contributed by atoms with Gasteiger partial charge in [0, 0.05) is 24.5 Å². The van der Waals surface area contributed by atoms with Gasteiger partial charge in [0.15, 0.2) is 0 Å². The number of anilines is 2. The van der Waals surface area contributed by atoms with E-state index in [1.807, 2.05) is 72.7 Å². The molecule has 0 radical (unpaired) electrons. The molecule has 0 saturated heterocycles. The van der Waals surface area contributed by atoms with Gasteiger partial charge in [-0.2, -0.15) is 5.26 Å². The minimum atomic E-state index is -0.389. The number of rotatable bonds is 7. The lowest BCUT2D eigenvalue weighted by Gasteiger charge is -2.27. The molecule has 3 aromatic rings. The molecule has 1 unspecified atom stereocenters. The van der Waals surface area contributed by atoms with E-state index in [1.165, 1.54) is 0 Å². The molecule has 0 bridgehead atoms. The van der Waals surface area contributed by atoms with Gasteiger partial charge < -0.3 is 24.3 Å². The molecule has 2 aromatic carbocycles.